The van der Waals surface area contributed by atoms with E-state index in [4.69, 9.17) is 4.74 Å². The minimum absolute atomic E-state index is 0.0897. The third-order valence-electron chi connectivity index (χ3n) is 3.07. The Morgan fingerprint density at radius 3 is 2.83 bits per heavy atom. The van der Waals surface area contributed by atoms with Crippen molar-refractivity contribution in [3.8, 4) is 0 Å². The van der Waals surface area contributed by atoms with Crippen molar-refractivity contribution in [1.82, 2.24) is 4.90 Å². The molecular weight excluding hydrogens is 298 g/mol. The minimum atomic E-state index is -0.340. The summed E-state index contributed by atoms with van der Waals surface area (Å²) in [5.41, 5.74) is 0. The first-order chi connectivity index (χ1) is 8.70. The molecule has 4 nitrogen and oxygen atoms in total. The molecule has 0 aromatic heterocycles. The number of halogens is 1. The van der Waals surface area contributed by atoms with E-state index in [0.717, 1.165) is 37.4 Å². The van der Waals surface area contributed by atoms with Crippen LogP contribution in [0.5, 0.6) is 0 Å². The predicted octanol–water partition coefficient (Wildman–Crippen LogP) is 2.50. The van der Waals surface area contributed by atoms with Crippen LogP contribution < -0.4 is 0 Å². The average Bonchev–Trinajstić information content (AvgIpc) is 2.85. The third-order valence-corrected chi connectivity index (χ3v) is 3.63. The average molecular weight is 320 g/mol. The summed E-state index contributed by atoms with van der Waals surface area (Å²) >= 11 is 3.35. The highest BCUT2D eigenvalue weighted by Crippen LogP contribution is 2.20. The maximum atomic E-state index is 12.0. The number of alkyl halides is 1. The van der Waals surface area contributed by atoms with Gasteiger partial charge in [0.15, 0.2) is 0 Å². The summed E-state index contributed by atoms with van der Waals surface area (Å²) in [4.78, 5) is 25.5. The van der Waals surface area contributed by atoms with Crippen LogP contribution in [-0.4, -0.2) is 41.3 Å². The lowest BCUT2D eigenvalue weighted by Crippen LogP contribution is -2.41. The molecule has 0 aromatic rings. The van der Waals surface area contributed by atoms with Gasteiger partial charge in [-0.3, -0.25) is 4.79 Å². The Labute approximate surface area is 117 Å². The summed E-state index contributed by atoms with van der Waals surface area (Å²) < 4.78 is 5.14. The Kier molecular flexibility index (Phi) is 7.32. The second-order valence-electron chi connectivity index (χ2n) is 4.56. The quantitative estimate of drug-likeness (QED) is 0.411. The smallest absolute Gasteiger partial charge is 0.328 e. The van der Waals surface area contributed by atoms with Crippen molar-refractivity contribution >= 4 is 27.8 Å². The number of esters is 1. The summed E-state index contributed by atoms with van der Waals surface area (Å²) in [7, 11) is 0. The van der Waals surface area contributed by atoms with E-state index in [1.165, 1.54) is 0 Å². The van der Waals surface area contributed by atoms with Gasteiger partial charge in [0, 0.05) is 18.3 Å². The molecule has 1 heterocycles. The topological polar surface area (TPSA) is 46.6 Å². The van der Waals surface area contributed by atoms with E-state index >= 15 is 0 Å². The number of likely N-dealkylation sites (tertiary alicyclic amines) is 1. The number of carbonyl (C=O) groups excluding carboxylic acids is 2. The summed E-state index contributed by atoms with van der Waals surface area (Å²) in [6, 6.07) is -0.340. The van der Waals surface area contributed by atoms with Gasteiger partial charge in [-0.05, 0) is 32.1 Å². The zero-order valence-corrected chi connectivity index (χ0v) is 12.6. The molecule has 0 aromatic carbocycles. The molecule has 0 bridgehead atoms. The zero-order valence-electron chi connectivity index (χ0n) is 11.0. The highest BCUT2D eigenvalue weighted by Gasteiger charge is 2.34. The molecule has 0 N–H and O–H groups in total. The molecule has 0 aliphatic carbocycles. The lowest BCUT2D eigenvalue weighted by atomic mass is 10.2. The number of ether oxygens (including phenoxy) is 1. The van der Waals surface area contributed by atoms with Crippen molar-refractivity contribution < 1.29 is 14.3 Å². The van der Waals surface area contributed by atoms with E-state index in [-0.39, 0.29) is 17.9 Å². The fourth-order valence-electron chi connectivity index (χ4n) is 2.12. The number of carbonyl (C=O) groups is 2. The van der Waals surface area contributed by atoms with Crippen LogP contribution in [0.1, 0.15) is 45.4 Å². The van der Waals surface area contributed by atoms with E-state index in [9.17, 15) is 9.59 Å². The number of rotatable bonds is 7. The highest BCUT2D eigenvalue weighted by molar-refractivity contribution is 9.09. The Hall–Kier alpha value is -0.580. The van der Waals surface area contributed by atoms with Gasteiger partial charge < -0.3 is 9.64 Å². The molecule has 0 spiro atoms. The van der Waals surface area contributed by atoms with Gasteiger partial charge in [-0.2, -0.15) is 0 Å². The molecule has 1 saturated heterocycles. The normalized spacial score (nSPS) is 19.0. The summed E-state index contributed by atoms with van der Waals surface area (Å²) in [6.45, 7) is 3.10. The lowest BCUT2D eigenvalue weighted by Gasteiger charge is -2.23. The molecule has 18 heavy (non-hydrogen) atoms. The van der Waals surface area contributed by atoms with Crippen LogP contribution in [0.3, 0.4) is 0 Å². The van der Waals surface area contributed by atoms with Gasteiger partial charge in [0.05, 0.1) is 6.61 Å². The number of hydrogen-bond donors (Lipinski definition) is 0. The predicted molar refractivity (Wildman–Crippen MR) is 73.6 cm³/mol. The van der Waals surface area contributed by atoms with Crippen LogP contribution >= 0.6 is 15.9 Å². The molecule has 0 radical (unpaired) electrons. The van der Waals surface area contributed by atoms with Gasteiger partial charge in [0.2, 0.25) is 5.91 Å². The molecule has 5 heteroatoms. The Balaban J connectivity index is 2.43. The fraction of sp³-hybridized carbons (Fsp3) is 0.846. The van der Waals surface area contributed by atoms with E-state index < -0.39 is 0 Å². The van der Waals surface area contributed by atoms with Crippen molar-refractivity contribution in [2.75, 3.05) is 18.5 Å². The van der Waals surface area contributed by atoms with E-state index in [0.29, 0.717) is 19.6 Å². The number of hydrogen-bond acceptors (Lipinski definition) is 3. The second-order valence-corrected chi connectivity index (χ2v) is 5.35. The largest absolute Gasteiger partial charge is 0.464 e. The van der Waals surface area contributed by atoms with Crippen LogP contribution in [0.15, 0.2) is 0 Å². The van der Waals surface area contributed by atoms with Crippen molar-refractivity contribution in [2.45, 2.75) is 51.5 Å². The van der Waals surface area contributed by atoms with Crippen molar-refractivity contribution in [1.29, 1.82) is 0 Å². The van der Waals surface area contributed by atoms with Gasteiger partial charge in [0.25, 0.3) is 0 Å². The minimum Gasteiger partial charge on any atom is -0.464 e. The van der Waals surface area contributed by atoms with Crippen molar-refractivity contribution in [3.05, 3.63) is 0 Å². The Morgan fingerprint density at radius 2 is 2.17 bits per heavy atom. The molecule has 1 aliphatic rings. The maximum absolute atomic E-state index is 12.0. The lowest BCUT2D eigenvalue weighted by molar-refractivity contribution is -0.153. The van der Waals surface area contributed by atoms with Crippen LogP contribution in [-0.2, 0) is 14.3 Å². The standard InChI is InChI=1S/C13H22BrNO3/c1-2-10-18-13(17)11-6-5-9-15(11)12(16)7-3-4-8-14/h11H,2-10H2,1H3. The summed E-state index contributed by atoms with van der Waals surface area (Å²) in [6.07, 6.45) is 4.85. The van der Waals surface area contributed by atoms with Crippen LogP contribution in [0.25, 0.3) is 0 Å². The molecule has 1 rings (SSSR count). The van der Waals surface area contributed by atoms with Gasteiger partial charge in [-0.25, -0.2) is 4.79 Å². The number of nitrogens with zero attached hydrogens (tertiary/aromatic N) is 1. The third kappa shape index (κ3) is 4.59. The van der Waals surface area contributed by atoms with Crippen LogP contribution in [0.4, 0.5) is 0 Å². The molecule has 1 fully saturated rings. The van der Waals surface area contributed by atoms with E-state index in [1.54, 1.807) is 4.90 Å². The van der Waals surface area contributed by atoms with Gasteiger partial charge >= 0.3 is 5.97 Å². The van der Waals surface area contributed by atoms with E-state index in [1.807, 2.05) is 6.92 Å². The molecule has 1 unspecified atom stereocenters. The summed E-state index contributed by atoms with van der Waals surface area (Å²) in [5, 5.41) is 0.919. The second kappa shape index (κ2) is 8.51. The first kappa shape index (κ1) is 15.5. The van der Waals surface area contributed by atoms with Gasteiger partial charge in [-0.15, -0.1) is 0 Å². The maximum Gasteiger partial charge on any atom is 0.328 e. The Morgan fingerprint density at radius 1 is 1.39 bits per heavy atom. The van der Waals surface area contributed by atoms with Crippen LogP contribution in [0, 0.1) is 0 Å². The number of amides is 1. The first-order valence-electron chi connectivity index (χ1n) is 6.72. The molecule has 0 saturated carbocycles. The van der Waals surface area contributed by atoms with E-state index in [2.05, 4.69) is 15.9 Å². The zero-order chi connectivity index (χ0) is 13.4. The molecule has 1 atom stereocenters. The SMILES string of the molecule is CCCOC(=O)C1CCCN1C(=O)CCCCBr. The molecular formula is C13H22BrNO3. The van der Waals surface area contributed by atoms with Gasteiger partial charge in [0.1, 0.15) is 6.04 Å². The molecule has 104 valence electrons. The summed E-state index contributed by atoms with van der Waals surface area (Å²) in [5.74, 6) is -0.143. The van der Waals surface area contributed by atoms with Crippen LogP contribution in [0.2, 0.25) is 0 Å². The van der Waals surface area contributed by atoms with Crippen molar-refractivity contribution in [3.63, 3.8) is 0 Å². The first-order valence-corrected chi connectivity index (χ1v) is 7.85. The highest BCUT2D eigenvalue weighted by atomic mass is 79.9. The molecule has 1 aliphatic heterocycles. The monoisotopic (exact) mass is 319 g/mol. The molecule has 1 amide bonds. The van der Waals surface area contributed by atoms with Gasteiger partial charge in [-0.1, -0.05) is 22.9 Å². The number of unbranched alkanes of at least 4 members (excludes halogenated alkanes) is 1. The fourth-order valence-corrected chi connectivity index (χ4v) is 2.52. The Bertz CT molecular complexity index is 283. The van der Waals surface area contributed by atoms with Crippen molar-refractivity contribution in [2.24, 2.45) is 0 Å².